The van der Waals surface area contributed by atoms with Crippen LogP contribution in [0.3, 0.4) is 0 Å². The largest absolute Gasteiger partial charge is 0.363 e. The number of anilines is 1. The Bertz CT molecular complexity index is 743. The van der Waals surface area contributed by atoms with Gasteiger partial charge in [0.2, 0.25) is 11.9 Å². The molecule has 8 heteroatoms. The Morgan fingerprint density at radius 3 is 2.72 bits per heavy atom. The molecule has 4 heterocycles. The first-order chi connectivity index (χ1) is 12.1. The standard InChI is InChI=1S/C17H21N5O2S/c1-13-20-14(11-25-13)9-22-12-17(24-10-15(22)23)3-7-21(8-4-17)16-18-5-2-6-19-16/h2,5-6,11H,3-4,7-10,12H2,1H3. The molecule has 0 radical (unpaired) electrons. The smallest absolute Gasteiger partial charge is 0.249 e. The van der Waals surface area contributed by atoms with E-state index in [1.54, 1.807) is 23.7 Å². The molecule has 2 aromatic heterocycles. The predicted molar refractivity (Wildman–Crippen MR) is 94.4 cm³/mol. The third-order valence-corrected chi connectivity index (χ3v) is 5.68. The zero-order valence-electron chi connectivity index (χ0n) is 14.2. The molecule has 0 unspecified atom stereocenters. The summed E-state index contributed by atoms with van der Waals surface area (Å²) in [5, 5.41) is 3.06. The fraction of sp³-hybridized carbons (Fsp3) is 0.529. The Labute approximate surface area is 150 Å². The lowest BCUT2D eigenvalue weighted by Gasteiger charge is -2.46. The molecule has 1 amide bonds. The minimum atomic E-state index is -0.260. The third-order valence-electron chi connectivity index (χ3n) is 4.86. The van der Waals surface area contributed by atoms with Gasteiger partial charge in [-0.1, -0.05) is 0 Å². The van der Waals surface area contributed by atoms with Crippen LogP contribution in [0, 0.1) is 6.92 Å². The highest BCUT2D eigenvalue weighted by molar-refractivity contribution is 7.09. The van der Waals surface area contributed by atoms with Crippen molar-refractivity contribution in [2.75, 3.05) is 31.1 Å². The number of piperidine rings is 1. The summed E-state index contributed by atoms with van der Waals surface area (Å²) in [5.41, 5.74) is 0.701. The molecule has 0 bridgehead atoms. The van der Waals surface area contributed by atoms with Gasteiger partial charge in [-0.25, -0.2) is 15.0 Å². The first-order valence-corrected chi connectivity index (χ1v) is 9.36. The van der Waals surface area contributed by atoms with Crippen molar-refractivity contribution in [1.29, 1.82) is 0 Å². The second-order valence-corrected chi connectivity index (χ2v) is 7.68. The average molecular weight is 359 g/mol. The van der Waals surface area contributed by atoms with Gasteiger partial charge in [-0.2, -0.15) is 0 Å². The van der Waals surface area contributed by atoms with Crippen LogP contribution in [0.4, 0.5) is 5.95 Å². The lowest BCUT2D eigenvalue weighted by atomic mass is 9.89. The Morgan fingerprint density at radius 2 is 2.04 bits per heavy atom. The predicted octanol–water partition coefficient (Wildman–Crippen LogP) is 1.64. The second-order valence-electron chi connectivity index (χ2n) is 6.62. The number of thiazole rings is 1. The van der Waals surface area contributed by atoms with Crippen molar-refractivity contribution in [3.63, 3.8) is 0 Å². The van der Waals surface area contributed by atoms with Crippen molar-refractivity contribution in [2.45, 2.75) is 31.9 Å². The molecule has 2 aliphatic heterocycles. The van der Waals surface area contributed by atoms with Gasteiger partial charge in [0.05, 0.1) is 29.4 Å². The number of carbonyl (C=O) groups excluding carboxylic acids is 1. The van der Waals surface area contributed by atoms with Gasteiger partial charge in [-0.05, 0) is 25.8 Å². The van der Waals surface area contributed by atoms with E-state index in [-0.39, 0.29) is 18.1 Å². The number of morpholine rings is 1. The van der Waals surface area contributed by atoms with Crippen LogP contribution in [-0.2, 0) is 16.1 Å². The Hall–Kier alpha value is -2.06. The van der Waals surface area contributed by atoms with Gasteiger partial charge in [0.15, 0.2) is 0 Å². The first kappa shape index (κ1) is 16.4. The van der Waals surface area contributed by atoms with E-state index in [9.17, 15) is 4.79 Å². The van der Waals surface area contributed by atoms with Crippen LogP contribution in [0.1, 0.15) is 23.5 Å². The van der Waals surface area contributed by atoms with E-state index < -0.39 is 0 Å². The summed E-state index contributed by atoms with van der Waals surface area (Å²) < 4.78 is 6.00. The van der Waals surface area contributed by atoms with Crippen LogP contribution in [-0.4, -0.2) is 57.6 Å². The number of ether oxygens (including phenoxy) is 1. The number of aromatic nitrogens is 3. The van der Waals surface area contributed by atoms with Crippen LogP contribution in [0.2, 0.25) is 0 Å². The highest BCUT2D eigenvalue weighted by Crippen LogP contribution is 2.32. The molecular formula is C17H21N5O2S. The number of amides is 1. The molecule has 132 valence electrons. The molecule has 2 aliphatic rings. The van der Waals surface area contributed by atoms with Gasteiger partial charge in [0.25, 0.3) is 0 Å². The summed E-state index contributed by atoms with van der Waals surface area (Å²) in [6, 6.07) is 1.82. The number of hydrogen-bond donors (Lipinski definition) is 0. The minimum absolute atomic E-state index is 0.0464. The van der Waals surface area contributed by atoms with Crippen molar-refractivity contribution < 1.29 is 9.53 Å². The van der Waals surface area contributed by atoms with Crippen LogP contribution < -0.4 is 4.90 Å². The third kappa shape index (κ3) is 3.50. The molecule has 2 saturated heterocycles. The molecule has 1 spiro atoms. The van der Waals surface area contributed by atoms with Gasteiger partial charge in [0.1, 0.15) is 6.61 Å². The van der Waals surface area contributed by atoms with E-state index in [1.165, 1.54) is 0 Å². The number of carbonyl (C=O) groups is 1. The van der Waals surface area contributed by atoms with Crippen molar-refractivity contribution in [1.82, 2.24) is 19.9 Å². The van der Waals surface area contributed by atoms with Gasteiger partial charge >= 0.3 is 0 Å². The average Bonchev–Trinajstić information content (AvgIpc) is 3.05. The number of nitrogens with zero attached hydrogens (tertiary/aromatic N) is 5. The Balaban J connectivity index is 1.41. The maximum Gasteiger partial charge on any atom is 0.249 e. The summed E-state index contributed by atoms with van der Waals surface area (Å²) in [5.74, 6) is 0.809. The Morgan fingerprint density at radius 1 is 1.28 bits per heavy atom. The molecule has 2 fully saturated rings. The van der Waals surface area contributed by atoms with Gasteiger partial charge in [-0.15, -0.1) is 11.3 Å². The summed E-state index contributed by atoms with van der Waals surface area (Å²) in [6.45, 7) is 5.01. The molecule has 0 aliphatic carbocycles. The fourth-order valence-electron chi connectivity index (χ4n) is 3.48. The lowest BCUT2D eigenvalue weighted by molar-refractivity contribution is -0.168. The number of rotatable bonds is 3. The van der Waals surface area contributed by atoms with Crippen LogP contribution in [0.25, 0.3) is 0 Å². The normalized spacial score (nSPS) is 20.3. The summed E-state index contributed by atoms with van der Waals surface area (Å²) in [7, 11) is 0. The lowest BCUT2D eigenvalue weighted by Crippen LogP contribution is -2.58. The number of aryl methyl sites for hydroxylation is 1. The number of hydrogen-bond acceptors (Lipinski definition) is 7. The minimum Gasteiger partial charge on any atom is -0.363 e. The zero-order valence-corrected chi connectivity index (χ0v) is 15.0. The molecule has 2 aromatic rings. The van der Waals surface area contributed by atoms with Gasteiger partial charge in [-0.3, -0.25) is 4.79 Å². The molecule has 0 atom stereocenters. The van der Waals surface area contributed by atoms with Crippen LogP contribution >= 0.6 is 11.3 Å². The van der Waals surface area contributed by atoms with Crippen LogP contribution in [0.5, 0.6) is 0 Å². The fourth-order valence-corrected chi connectivity index (χ4v) is 4.08. The molecule has 7 nitrogen and oxygen atoms in total. The molecule has 0 aromatic carbocycles. The topological polar surface area (TPSA) is 71.5 Å². The van der Waals surface area contributed by atoms with E-state index in [0.717, 1.165) is 42.6 Å². The van der Waals surface area contributed by atoms with Crippen molar-refractivity contribution >= 4 is 23.2 Å². The van der Waals surface area contributed by atoms with E-state index in [1.807, 2.05) is 23.3 Å². The van der Waals surface area contributed by atoms with E-state index >= 15 is 0 Å². The van der Waals surface area contributed by atoms with E-state index in [0.29, 0.717) is 13.1 Å². The maximum atomic E-state index is 12.3. The SMILES string of the molecule is Cc1nc(CN2CC3(CCN(c4ncccn4)CC3)OCC2=O)cs1. The van der Waals surface area contributed by atoms with Crippen molar-refractivity contribution in [2.24, 2.45) is 0 Å². The van der Waals surface area contributed by atoms with Crippen molar-refractivity contribution in [3.8, 4) is 0 Å². The monoisotopic (exact) mass is 359 g/mol. The maximum absolute atomic E-state index is 12.3. The first-order valence-electron chi connectivity index (χ1n) is 8.48. The van der Waals surface area contributed by atoms with E-state index in [2.05, 4.69) is 19.9 Å². The zero-order chi connectivity index (χ0) is 17.3. The molecular weight excluding hydrogens is 338 g/mol. The quantitative estimate of drug-likeness (QED) is 0.830. The highest BCUT2D eigenvalue weighted by Gasteiger charge is 2.42. The van der Waals surface area contributed by atoms with Gasteiger partial charge < -0.3 is 14.5 Å². The molecule has 0 saturated carbocycles. The Kier molecular flexibility index (Phi) is 4.39. The van der Waals surface area contributed by atoms with E-state index in [4.69, 9.17) is 4.74 Å². The summed E-state index contributed by atoms with van der Waals surface area (Å²) in [6.07, 6.45) is 5.26. The molecule has 0 N–H and O–H groups in total. The summed E-state index contributed by atoms with van der Waals surface area (Å²) in [4.78, 5) is 29.5. The molecule has 25 heavy (non-hydrogen) atoms. The second kappa shape index (κ2) is 6.68. The van der Waals surface area contributed by atoms with Crippen LogP contribution in [0.15, 0.2) is 23.8 Å². The van der Waals surface area contributed by atoms with Crippen molar-refractivity contribution in [3.05, 3.63) is 34.5 Å². The van der Waals surface area contributed by atoms with Gasteiger partial charge in [0, 0.05) is 30.9 Å². The molecule has 4 rings (SSSR count). The summed E-state index contributed by atoms with van der Waals surface area (Å²) >= 11 is 1.62. The highest BCUT2D eigenvalue weighted by atomic mass is 32.1.